The lowest BCUT2D eigenvalue weighted by molar-refractivity contribution is 0.102. The van der Waals surface area contributed by atoms with Crippen molar-refractivity contribution in [2.45, 2.75) is 38.6 Å². The quantitative estimate of drug-likeness (QED) is 0.468. The van der Waals surface area contributed by atoms with E-state index in [-0.39, 0.29) is 5.91 Å². The molecule has 7 heteroatoms. The lowest BCUT2D eigenvalue weighted by Crippen LogP contribution is -2.15. The summed E-state index contributed by atoms with van der Waals surface area (Å²) in [6.45, 7) is 7.93. The van der Waals surface area contributed by atoms with E-state index < -0.39 is 0 Å². The van der Waals surface area contributed by atoms with Crippen molar-refractivity contribution in [3.63, 3.8) is 0 Å². The summed E-state index contributed by atoms with van der Waals surface area (Å²) in [6.07, 6.45) is 0. The van der Waals surface area contributed by atoms with Crippen LogP contribution in [0.3, 0.4) is 0 Å². The first kappa shape index (κ1) is 20.1. The fourth-order valence-corrected chi connectivity index (χ4v) is 4.10. The molecule has 0 fully saturated rings. The molecule has 0 spiro atoms. The maximum absolute atomic E-state index is 13.0. The number of aryl methyl sites for hydroxylation is 4. The highest BCUT2D eigenvalue weighted by molar-refractivity contribution is 7.98. The van der Waals surface area contributed by atoms with Crippen molar-refractivity contribution in [2.24, 2.45) is 0 Å². The molecule has 4 aromatic rings. The predicted octanol–water partition coefficient (Wildman–Crippen LogP) is 4.90. The number of rotatable bonds is 5. The summed E-state index contributed by atoms with van der Waals surface area (Å²) in [5, 5.41) is 8.22. The maximum Gasteiger partial charge on any atom is 0.255 e. The molecule has 0 unspecified atom stereocenters. The summed E-state index contributed by atoms with van der Waals surface area (Å²) in [5.41, 5.74) is 6.47. The molecule has 0 saturated heterocycles. The van der Waals surface area contributed by atoms with Crippen molar-refractivity contribution in [1.82, 2.24) is 19.6 Å². The number of fused-ring (bicyclic) bond motifs is 1. The Morgan fingerprint density at radius 2 is 1.83 bits per heavy atom. The van der Waals surface area contributed by atoms with Gasteiger partial charge in [0.05, 0.1) is 0 Å². The van der Waals surface area contributed by atoms with Gasteiger partial charge in [0.15, 0.2) is 0 Å². The number of amides is 1. The van der Waals surface area contributed by atoms with E-state index in [1.165, 1.54) is 11.8 Å². The van der Waals surface area contributed by atoms with Crippen molar-refractivity contribution in [1.29, 1.82) is 0 Å². The van der Waals surface area contributed by atoms with Crippen LogP contribution in [0, 0.1) is 27.7 Å². The molecule has 0 aliphatic rings. The summed E-state index contributed by atoms with van der Waals surface area (Å²) >= 11 is 1.49. The number of nitrogens with one attached hydrogen (secondary N) is 1. The van der Waals surface area contributed by atoms with E-state index in [0.717, 1.165) is 33.8 Å². The Labute approximate surface area is 179 Å². The molecule has 2 aromatic carbocycles. The third-order valence-electron chi connectivity index (χ3n) is 4.86. The van der Waals surface area contributed by atoms with Gasteiger partial charge < -0.3 is 5.32 Å². The van der Waals surface area contributed by atoms with Crippen LogP contribution in [-0.2, 0) is 5.75 Å². The number of carbonyl (C=O) groups is 1. The third kappa shape index (κ3) is 4.21. The number of hydrogen-bond acceptors (Lipinski definition) is 5. The van der Waals surface area contributed by atoms with E-state index in [1.807, 2.05) is 76.2 Å². The fraction of sp³-hybridized carbons (Fsp3) is 0.217. The number of benzene rings is 2. The molecule has 0 atom stereocenters. The minimum atomic E-state index is -0.115. The second-order valence-corrected chi connectivity index (χ2v) is 8.31. The minimum Gasteiger partial charge on any atom is -0.322 e. The predicted molar refractivity (Wildman–Crippen MR) is 120 cm³/mol. The van der Waals surface area contributed by atoms with Crippen molar-refractivity contribution in [2.75, 3.05) is 5.32 Å². The molecule has 1 amide bonds. The van der Waals surface area contributed by atoms with Gasteiger partial charge in [0.25, 0.3) is 11.7 Å². The van der Waals surface area contributed by atoms with Crippen LogP contribution in [0.5, 0.6) is 0 Å². The fourth-order valence-electron chi connectivity index (χ4n) is 3.28. The number of thioether (sulfide) groups is 1. The van der Waals surface area contributed by atoms with E-state index in [2.05, 4.69) is 20.4 Å². The maximum atomic E-state index is 13.0. The molecular formula is C23H23N5OS. The highest BCUT2D eigenvalue weighted by atomic mass is 32.2. The second-order valence-electron chi connectivity index (χ2n) is 7.36. The zero-order valence-electron chi connectivity index (χ0n) is 17.4. The van der Waals surface area contributed by atoms with Crippen LogP contribution in [0.15, 0.2) is 53.7 Å². The zero-order valence-corrected chi connectivity index (χ0v) is 18.2. The molecular weight excluding hydrogens is 394 g/mol. The molecule has 0 aliphatic heterocycles. The van der Waals surface area contributed by atoms with Crippen LogP contribution in [-0.4, -0.2) is 25.5 Å². The Morgan fingerprint density at radius 1 is 1.03 bits per heavy atom. The van der Waals surface area contributed by atoms with Gasteiger partial charge >= 0.3 is 0 Å². The van der Waals surface area contributed by atoms with E-state index in [9.17, 15) is 4.79 Å². The first-order valence-corrected chi connectivity index (χ1v) is 10.7. The normalized spacial score (nSPS) is 11.1. The summed E-state index contributed by atoms with van der Waals surface area (Å²) in [7, 11) is 0. The van der Waals surface area contributed by atoms with Crippen LogP contribution >= 0.6 is 11.8 Å². The first-order chi connectivity index (χ1) is 14.4. The van der Waals surface area contributed by atoms with Gasteiger partial charge in [0, 0.05) is 28.4 Å². The number of carbonyl (C=O) groups excluding carboxylic acids is 1. The number of nitrogens with zero attached hydrogens (tertiary/aromatic N) is 4. The van der Waals surface area contributed by atoms with Crippen molar-refractivity contribution >= 4 is 29.1 Å². The lowest BCUT2D eigenvalue weighted by atomic mass is 10.1. The molecule has 1 N–H and O–H groups in total. The summed E-state index contributed by atoms with van der Waals surface area (Å²) in [4.78, 5) is 21.9. The number of anilines is 1. The molecule has 152 valence electrons. The van der Waals surface area contributed by atoms with Crippen LogP contribution < -0.4 is 5.32 Å². The highest BCUT2D eigenvalue weighted by Gasteiger charge is 2.14. The third-order valence-corrected chi connectivity index (χ3v) is 5.75. The van der Waals surface area contributed by atoms with Crippen LogP contribution in [0.4, 0.5) is 5.69 Å². The van der Waals surface area contributed by atoms with Gasteiger partial charge in [-0.25, -0.2) is 9.50 Å². The monoisotopic (exact) mass is 417 g/mol. The molecule has 4 rings (SSSR count). The smallest absolute Gasteiger partial charge is 0.255 e. The van der Waals surface area contributed by atoms with Crippen LogP contribution in [0.2, 0.25) is 0 Å². The zero-order chi connectivity index (χ0) is 21.3. The molecule has 0 bridgehead atoms. The van der Waals surface area contributed by atoms with Gasteiger partial charge in [0.1, 0.15) is 0 Å². The molecule has 0 radical (unpaired) electrons. The second kappa shape index (κ2) is 8.28. The minimum absolute atomic E-state index is 0.115. The molecule has 30 heavy (non-hydrogen) atoms. The molecule has 2 heterocycles. The van der Waals surface area contributed by atoms with Gasteiger partial charge in [-0.2, -0.15) is 4.98 Å². The summed E-state index contributed by atoms with van der Waals surface area (Å²) in [6, 6.07) is 15.7. The van der Waals surface area contributed by atoms with E-state index in [1.54, 1.807) is 4.52 Å². The van der Waals surface area contributed by atoms with Gasteiger partial charge in [-0.05, 0) is 62.6 Å². The molecule has 6 nitrogen and oxygen atoms in total. The van der Waals surface area contributed by atoms with Crippen molar-refractivity contribution in [3.05, 3.63) is 82.2 Å². The SMILES string of the molecule is Cc1ccc(C)c(NC(=O)c2ccccc2CSc2nc3nc(C)cc(C)n3n2)c1. The highest BCUT2D eigenvalue weighted by Crippen LogP contribution is 2.24. The van der Waals surface area contributed by atoms with Gasteiger partial charge in [-0.3, -0.25) is 4.79 Å². The Balaban J connectivity index is 1.54. The average Bonchev–Trinajstić information content (AvgIpc) is 3.12. The Hall–Kier alpha value is -3.19. The van der Waals surface area contributed by atoms with E-state index >= 15 is 0 Å². The summed E-state index contributed by atoms with van der Waals surface area (Å²) in [5.74, 6) is 1.07. The van der Waals surface area contributed by atoms with Crippen LogP contribution in [0.1, 0.15) is 38.4 Å². The van der Waals surface area contributed by atoms with Gasteiger partial charge in [-0.1, -0.05) is 42.1 Å². The Kier molecular flexibility index (Phi) is 5.55. The van der Waals surface area contributed by atoms with Crippen LogP contribution in [0.25, 0.3) is 5.78 Å². The van der Waals surface area contributed by atoms with Crippen molar-refractivity contribution in [3.8, 4) is 0 Å². The Morgan fingerprint density at radius 3 is 2.67 bits per heavy atom. The van der Waals surface area contributed by atoms with E-state index in [4.69, 9.17) is 0 Å². The van der Waals surface area contributed by atoms with E-state index in [0.29, 0.717) is 22.3 Å². The molecule has 0 saturated carbocycles. The lowest BCUT2D eigenvalue weighted by Gasteiger charge is -2.12. The van der Waals surface area contributed by atoms with Gasteiger partial charge in [0.2, 0.25) is 5.16 Å². The van der Waals surface area contributed by atoms with Gasteiger partial charge in [-0.15, -0.1) is 5.10 Å². The Bertz CT molecular complexity index is 1250. The number of hydrogen-bond donors (Lipinski definition) is 1. The summed E-state index contributed by atoms with van der Waals surface area (Å²) < 4.78 is 1.74. The first-order valence-electron chi connectivity index (χ1n) is 9.71. The average molecular weight is 418 g/mol. The van der Waals surface area contributed by atoms with Crippen molar-refractivity contribution < 1.29 is 4.79 Å². The number of aromatic nitrogens is 4. The largest absolute Gasteiger partial charge is 0.322 e. The standard InChI is InChI=1S/C23H23N5OS/c1-14-9-10-15(2)20(11-14)25-21(29)19-8-6-5-7-18(19)13-30-23-26-22-24-16(3)12-17(4)28(22)27-23/h5-12H,13H2,1-4H3,(H,25,29). The molecule has 2 aromatic heterocycles. The molecule has 0 aliphatic carbocycles. The topological polar surface area (TPSA) is 72.2 Å².